The van der Waals surface area contributed by atoms with Crippen molar-refractivity contribution in [1.82, 2.24) is 19.5 Å². The van der Waals surface area contributed by atoms with Gasteiger partial charge in [-0.1, -0.05) is 12.1 Å². The van der Waals surface area contributed by atoms with Crippen molar-refractivity contribution in [1.29, 1.82) is 0 Å². The molecule has 0 fully saturated rings. The molecule has 2 N–H and O–H groups in total. The second-order valence-electron chi connectivity index (χ2n) is 4.66. The first kappa shape index (κ1) is 17.1. The van der Waals surface area contributed by atoms with Crippen LogP contribution in [0.5, 0.6) is 0 Å². The molecule has 1 heterocycles. The summed E-state index contributed by atoms with van der Waals surface area (Å²) in [5, 5.41) is 6.96. The van der Waals surface area contributed by atoms with E-state index < -0.39 is 10.2 Å². The number of nitrogens with zero attached hydrogens (tertiary/aromatic N) is 2. The molecule has 0 saturated carbocycles. The van der Waals surface area contributed by atoms with E-state index in [1.807, 2.05) is 6.92 Å². The van der Waals surface area contributed by atoms with E-state index in [9.17, 15) is 8.42 Å². The Kier molecular flexibility index (Phi) is 6.60. The van der Waals surface area contributed by atoms with Crippen LogP contribution in [0, 0.1) is 13.8 Å². The Labute approximate surface area is 120 Å². The summed E-state index contributed by atoms with van der Waals surface area (Å²) in [5.74, 6) is 0.639. The van der Waals surface area contributed by atoms with Crippen LogP contribution in [0.4, 0.5) is 0 Å². The van der Waals surface area contributed by atoms with Crippen molar-refractivity contribution in [3.8, 4) is 0 Å². The Morgan fingerprint density at radius 2 is 2.05 bits per heavy atom. The molecule has 8 heteroatoms. The van der Waals surface area contributed by atoms with E-state index in [1.165, 1.54) is 4.31 Å². The van der Waals surface area contributed by atoms with Gasteiger partial charge in [-0.25, -0.2) is 0 Å². The predicted molar refractivity (Wildman–Crippen MR) is 77.5 cm³/mol. The third kappa shape index (κ3) is 4.86. The van der Waals surface area contributed by atoms with Gasteiger partial charge in [-0.15, -0.1) is 0 Å². The molecule has 1 aromatic heterocycles. The van der Waals surface area contributed by atoms with E-state index in [0.29, 0.717) is 18.0 Å². The molecule has 1 aromatic rings. The third-order valence-electron chi connectivity index (χ3n) is 3.10. The Hall–Kier alpha value is -0.960. The molecular weight excluding hydrogens is 280 g/mol. The second kappa shape index (κ2) is 7.72. The minimum atomic E-state index is -3.47. The lowest BCUT2D eigenvalue weighted by atomic mass is 10.2. The van der Waals surface area contributed by atoms with Gasteiger partial charge in [0, 0.05) is 25.7 Å². The maximum absolute atomic E-state index is 12.1. The summed E-state index contributed by atoms with van der Waals surface area (Å²) < 4.78 is 33.0. The summed E-state index contributed by atoms with van der Waals surface area (Å²) >= 11 is 0. The van der Waals surface area contributed by atoms with Crippen LogP contribution in [0.15, 0.2) is 4.52 Å². The fourth-order valence-corrected chi connectivity index (χ4v) is 2.67. The van der Waals surface area contributed by atoms with Gasteiger partial charge in [-0.05, 0) is 33.4 Å². The van der Waals surface area contributed by atoms with E-state index in [2.05, 4.69) is 15.2 Å². The van der Waals surface area contributed by atoms with Gasteiger partial charge in [0.25, 0.3) is 10.2 Å². The van der Waals surface area contributed by atoms with Crippen molar-refractivity contribution in [2.75, 3.05) is 26.7 Å². The highest BCUT2D eigenvalue weighted by Crippen LogP contribution is 2.12. The summed E-state index contributed by atoms with van der Waals surface area (Å²) in [5.41, 5.74) is 1.50. The predicted octanol–water partition coefficient (Wildman–Crippen LogP) is 0.557. The molecule has 0 bridgehead atoms. The first-order valence-corrected chi connectivity index (χ1v) is 8.16. The molecule has 20 heavy (non-hydrogen) atoms. The summed E-state index contributed by atoms with van der Waals surface area (Å²) in [6, 6.07) is 0. The second-order valence-corrected chi connectivity index (χ2v) is 6.52. The average Bonchev–Trinajstić information content (AvgIpc) is 2.71. The highest BCUT2D eigenvalue weighted by atomic mass is 32.2. The standard InChI is InChI=1S/C12H24N4O3S/c1-5-13-7-6-8-16(4)20(17,18)14-9-12-10(2)15-19-11(12)3/h13-14H,5-9H2,1-4H3. The Balaban J connectivity index is 2.48. The van der Waals surface area contributed by atoms with E-state index in [0.717, 1.165) is 25.1 Å². The normalized spacial score (nSPS) is 12.2. The highest BCUT2D eigenvalue weighted by Gasteiger charge is 2.18. The van der Waals surface area contributed by atoms with Crippen LogP contribution in [0.1, 0.15) is 30.4 Å². The number of hydrogen-bond acceptors (Lipinski definition) is 5. The van der Waals surface area contributed by atoms with Crippen LogP contribution >= 0.6 is 0 Å². The molecule has 7 nitrogen and oxygen atoms in total. The Bertz CT molecular complexity index is 493. The van der Waals surface area contributed by atoms with Crippen molar-refractivity contribution >= 4 is 10.2 Å². The number of hydrogen-bond donors (Lipinski definition) is 2. The van der Waals surface area contributed by atoms with Crippen LogP contribution in [0.25, 0.3) is 0 Å². The molecule has 0 aliphatic carbocycles. The molecule has 116 valence electrons. The topological polar surface area (TPSA) is 87.5 Å². The van der Waals surface area contributed by atoms with Gasteiger partial charge in [0.1, 0.15) is 5.76 Å². The van der Waals surface area contributed by atoms with Crippen LogP contribution in [-0.4, -0.2) is 44.6 Å². The largest absolute Gasteiger partial charge is 0.361 e. The maximum atomic E-state index is 12.1. The lowest BCUT2D eigenvalue weighted by Crippen LogP contribution is -2.39. The average molecular weight is 304 g/mol. The maximum Gasteiger partial charge on any atom is 0.279 e. The lowest BCUT2D eigenvalue weighted by molar-refractivity contribution is 0.392. The van der Waals surface area contributed by atoms with E-state index in [-0.39, 0.29) is 6.54 Å². The van der Waals surface area contributed by atoms with E-state index in [4.69, 9.17) is 4.52 Å². The lowest BCUT2D eigenvalue weighted by Gasteiger charge is -2.17. The first-order chi connectivity index (χ1) is 9.38. The molecule has 0 aliphatic heterocycles. The van der Waals surface area contributed by atoms with Gasteiger partial charge in [-0.2, -0.15) is 17.4 Å². The molecule has 0 saturated heterocycles. The monoisotopic (exact) mass is 304 g/mol. The Morgan fingerprint density at radius 3 is 2.60 bits per heavy atom. The highest BCUT2D eigenvalue weighted by molar-refractivity contribution is 7.87. The molecule has 0 aromatic carbocycles. The van der Waals surface area contributed by atoms with Crippen LogP contribution in [0.2, 0.25) is 0 Å². The fourth-order valence-electron chi connectivity index (χ4n) is 1.75. The fraction of sp³-hybridized carbons (Fsp3) is 0.750. The number of rotatable bonds is 9. The van der Waals surface area contributed by atoms with Crippen molar-refractivity contribution < 1.29 is 12.9 Å². The minimum absolute atomic E-state index is 0.195. The summed E-state index contributed by atoms with van der Waals surface area (Å²) in [6.45, 7) is 7.95. The van der Waals surface area contributed by atoms with Crippen molar-refractivity contribution in [3.63, 3.8) is 0 Å². The van der Waals surface area contributed by atoms with Gasteiger partial charge in [0.2, 0.25) is 0 Å². The van der Waals surface area contributed by atoms with Crippen LogP contribution in [-0.2, 0) is 16.8 Å². The van der Waals surface area contributed by atoms with Gasteiger partial charge >= 0.3 is 0 Å². The number of aromatic nitrogens is 1. The van der Waals surface area contributed by atoms with Crippen LogP contribution in [0.3, 0.4) is 0 Å². The summed E-state index contributed by atoms with van der Waals surface area (Å²) in [6.07, 6.45) is 0.774. The van der Waals surface area contributed by atoms with Gasteiger partial charge in [0.05, 0.1) is 5.69 Å². The SMILES string of the molecule is CCNCCCN(C)S(=O)(=O)NCc1c(C)noc1C. The van der Waals surface area contributed by atoms with E-state index in [1.54, 1.807) is 20.9 Å². The molecule has 0 amide bonds. The molecule has 1 rings (SSSR count). The minimum Gasteiger partial charge on any atom is -0.361 e. The molecule has 0 unspecified atom stereocenters. The zero-order valence-corrected chi connectivity index (χ0v) is 13.4. The van der Waals surface area contributed by atoms with Gasteiger partial charge in [-0.3, -0.25) is 0 Å². The Morgan fingerprint density at radius 1 is 1.35 bits per heavy atom. The molecule has 0 radical (unpaired) electrons. The quantitative estimate of drug-likeness (QED) is 0.651. The van der Waals surface area contributed by atoms with Gasteiger partial charge < -0.3 is 9.84 Å². The van der Waals surface area contributed by atoms with Gasteiger partial charge in [0.15, 0.2) is 0 Å². The van der Waals surface area contributed by atoms with Crippen molar-refractivity contribution in [2.45, 2.75) is 33.7 Å². The first-order valence-electron chi connectivity index (χ1n) is 6.72. The summed E-state index contributed by atoms with van der Waals surface area (Å²) in [4.78, 5) is 0. The van der Waals surface area contributed by atoms with E-state index >= 15 is 0 Å². The molecular formula is C12H24N4O3S. The van der Waals surface area contributed by atoms with Crippen LogP contribution < -0.4 is 10.0 Å². The third-order valence-corrected chi connectivity index (χ3v) is 4.61. The molecule has 0 atom stereocenters. The van der Waals surface area contributed by atoms with Crippen molar-refractivity contribution in [2.24, 2.45) is 0 Å². The number of nitrogens with one attached hydrogen (secondary N) is 2. The molecule has 0 spiro atoms. The zero-order valence-electron chi connectivity index (χ0n) is 12.6. The van der Waals surface area contributed by atoms with Crippen molar-refractivity contribution in [3.05, 3.63) is 17.0 Å². The zero-order chi connectivity index (χ0) is 15.2. The summed E-state index contributed by atoms with van der Waals surface area (Å²) in [7, 11) is -1.90. The smallest absolute Gasteiger partial charge is 0.279 e. The molecule has 0 aliphatic rings. The number of aryl methyl sites for hydroxylation is 2.